The van der Waals surface area contributed by atoms with Crippen molar-refractivity contribution in [3.63, 3.8) is 0 Å². The Bertz CT molecular complexity index is 619. The van der Waals surface area contributed by atoms with Crippen molar-refractivity contribution in [1.29, 1.82) is 0 Å². The number of ketones is 1. The molecule has 102 valence electrons. The number of nitrogen functional groups attached to an aromatic ring is 1. The highest BCUT2D eigenvalue weighted by Gasteiger charge is 2.18. The van der Waals surface area contributed by atoms with Gasteiger partial charge in [-0.1, -0.05) is 24.3 Å². The van der Waals surface area contributed by atoms with Crippen LogP contribution in [0.3, 0.4) is 0 Å². The first kappa shape index (κ1) is 12.9. The molecule has 3 nitrogen and oxygen atoms in total. The Morgan fingerprint density at radius 2 is 1.75 bits per heavy atom. The van der Waals surface area contributed by atoms with E-state index in [9.17, 15) is 4.79 Å². The van der Waals surface area contributed by atoms with E-state index < -0.39 is 0 Å². The molecule has 1 aliphatic rings. The van der Waals surface area contributed by atoms with Gasteiger partial charge in [0, 0.05) is 24.3 Å². The number of anilines is 1. The third-order valence-electron chi connectivity index (χ3n) is 3.81. The second kappa shape index (κ2) is 5.47. The standard InChI is InChI=1S/C17H18N2O/c18-16-7-5-14(6-8-16)17(20)12-19-10-9-13-3-1-2-4-15(13)11-19/h1-8H,9-12,18H2. The monoisotopic (exact) mass is 266 g/mol. The fourth-order valence-corrected chi connectivity index (χ4v) is 2.65. The first-order chi connectivity index (χ1) is 9.72. The van der Waals surface area contributed by atoms with E-state index in [1.54, 1.807) is 24.3 Å². The molecule has 1 aliphatic heterocycles. The lowest BCUT2D eigenvalue weighted by Gasteiger charge is -2.28. The summed E-state index contributed by atoms with van der Waals surface area (Å²) in [6.45, 7) is 2.27. The molecule has 2 aromatic rings. The number of nitrogens with zero attached hydrogens (tertiary/aromatic N) is 1. The van der Waals surface area contributed by atoms with Gasteiger partial charge in [0.15, 0.2) is 5.78 Å². The Kier molecular flexibility index (Phi) is 3.52. The zero-order chi connectivity index (χ0) is 13.9. The highest BCUT2D eigenvalue weighted by atomic mass is 16.1. The molecule has 0 amide bonds. The summed E-state index contributed by atoms with van der Waals surface area (Å²) in [5, 5.41) is 0. The summed E-state index contributed by atoms with van der Waals surface area (Å²) in [5.74, 6) is 0.157. The topological polar surface area (TPSA) is 46.3 Å². The van der Waals surface area contributed by atoms with Crippen molar-refractivity contribution in [2.75, 3.05) is 18.8 Å². The highest BCUT2D eigenvalue weighted by Crippen LogP contribution is 2.18. The predicted molar refractivity (Wildman–Crippen MR) is 80.6 cm³/mol. The second-order valence-corrected chi connectivity index (χ2v) is 5.27. The Balaban J connectivity index is 1.67. The third kappa shape index (κ3) is 2.73. The van der Waals surface area contributed by atoms with E-state index in [-0.39, 0.29) is 5.78 Å². The van der Waals surface area contributed by atoms with E-state index in [1.165, 1.54) is 11.1 Å². The fraction of sp³-hybridized carbons (Fsp3) is 0.235. The van der Waals surface area contributed by atoms with Crippen molar-refractivity contribution in [2.24, 2.45) is 0 Å². The summed E-state index contributed by atoms with van der Waals surface area (Å²) in [5.41, 5.74) is 9.81. The third-order valence-corrected chi connectivity index (χ3v) is 3.81. The van der Waals surface area contributed by atoms with Crippen molar-refractivity contribution >= 4 is 11.5 Å². The molecule has 0 atom stereocenters. The molecule has 1 heterocycles. The Morgan fingerprint density at radius 1 is 1.05 bits per heavy atom. The smallest absolute Gasteiger partial charge is 0.176 e. The number of hydrogen-bond acceptors (Lipinski definition) is 3. The van der Waals surface area contributed by atoms with E-state index >= 15 is 0 Å². The molecular weight excluding hydrogens is 248 g/mol. The number of carbonyl (C=O) groups is 1. The van der Waals surface area contributed by atoms with E-state index in [1.807, 2.05) is 0 Å². The highest BCUT2D eigenvalue weighted by molar-refractivity contribution is 5.97. The van der Waals surface area contributed by atoms with Crippen LogP contribution >= 0.6 is 0 Å². The van der Waals surface area contributed by atoms with Gasteiger partial charge in [0.25, 0.3) is 0 Å². The first-order valence-corrected chi connectivity index (χ1v) is 6.90. The summed E-state index contributed by atoms with van der Waals surface area (Å²) in [7, 11) is 0. The Morgan fingerprint density at radius 3 is 2.50 bits per heavy atom. The minimum atomic E-state index is 0.157. The molecular formula is C17H18N2O. The molecule has 0 bridgehead atoms. The van der Waals surface area contributed by atoms with Gasteiger partial charge >= 0.3 is 0 Å². The molecule has 0 aromatic heterocycles. The van der Waals surface area contributed by atoms with Gasteiger partial charge in [-0.2, -0.15) is 0 Å². The molecule has 0 saturated carbocycles. The van der Waals surface area contributed by atoms with Crippen LogP contribution in [0.25, 0.3) is 0 Å². The molecule has 2 aromatic carbocycles. The summed E-state index contributed by atoms with van der Waals surface area (Å²) >= 11 is 0. The van der Waals surface area contributed by atoms with Crippen LogP contribution in [0.4, 0.5) is 5.69 Å². The molecule has 0 unspecified atom stereocenters. The molecule has 3 rings (SSSR count). The lowest BCUT2D eigenvalue weighted by atomic mass is 9.99. The Hall–Kier alpha value is -2.13. The van der Waals surface area contributed by atoms with Gasteiger partial charge in [-0.05, 0) is 41.8 Å². The zero-order valence-corrected chi connectivity index (χ0v) is 11.4. The quantitative estimate of drug-likeness (QED) is 0.686. The maximum atomic E-state index is 12.3. The second-order valence-electron chi connectivity index (χ2n) is 5.27. The van der Waals surface area contributed by atoms with Crippen LogP contribution < -0.4 is 5.73 Å². The van der Waals surface area contributed by atoms with E-state index in [0.29, 0.717) is 12.2 Å². The van der Waals surface area contributed by atoms with Gasteiger partial charge in [0.05, 0.1) is 6.54 Å². The number of nitrogens with two attached hydrogens (primary N) is 1. The van der Waals surface area contributed by atoms with Gasteiger partial charge in [0.1, 0.15) is 0 Å². The molecule has 3 heteroatoms. The van der Waals surface area contributed by atoms with Crippen LogP contribution in [0.1, 0.15) is 21.5 Å². The van der Waals surface area contributed by atoms with Crippen molar-refractivity contribution in [1.82, 2.24) is 4.90 Å². The van der Waals surface area contributed by atoms with E-state index in [0.717, 1.165) is 25.1 Å². The first-order valence-electron chi connectivity index (χ1n) is 6.90. The maximum Gasteiger partial charge on any atom is 0.176 e. The van der Waals surface area contributed by atoms with Gasteiger partial charge in [-0.25, -0.2) is 0 Å². The average molecular weight is 266 g/mol. The number of Topliss-reactive ketones (excluding diaryl/α,β-unsaturated/α-hetero) is 1. The van der Waals surface area contributed by atoms with Crippen LogP contribution in [0.2, 0.25) is 0 Å². The molecule has 0 aliphatic carbocycles. The number of carbonyl (C=O) groups excluding carboxylic acids is 1. The fourth-order valence-electron chi connectivity index (χ4n) is 2.65. The van der Waals surface area contributed by atoms with E-state index in [4.69, 9.17) is 5.73 Å². The normalized spacial score (nSPS) is 14.8. The lowest BCUT2D eigenvalue weighted by Crippen LogP contribution is -2.34. The summed E-state index contributed by atoms with van der Waals surface area (Å²) in [4.78, 5) is 14.5. The predicted octanol–water partition coefficient (Wildman–Crippen LogP) is 2.51. The number of fused-ring (bicyclic) bond motifs is 1. The van der Waals surface area contributed by atoms with Crippen LogP contribution in [0, 0.1) is 0 Å². The number of hydrogen-bond donors (Lipinski definition) is 1. The zero-order valence-electron chi connectivity index (χ0n) is 11.4. The van der Waals surface area contributed by atoms with Gasteiger partial charge in [0.2, 0.25) is 0 Å². The SMILES string of the molecule is Nc1ccc(C(=O)CN2CCc3ccccc3C2)cc1. The molecule has 0 radical (unpaired) electrons. The minimum Gasteiger partial charge on any atom is -0.399 e. The van der Waals surface area contributed by atoms with Gasteiger partial charge in [-0.15, -0.1) is 0 Å². The van der Waals surface area contributed by atoms with Crippen molar-refractivity contribution in [2.45, 2.75) is 13.0 Å². The van der Waals surface area contributed by atoms with Gasteiger partial charge in [-0.3, -0.25) is 9.69 Å². The largest absolute Gasteiger partial charge is 0.399 e. The lowest BCUT2D eigenvalue weighted by molar-refractivity contribution is 0.0921. The van der Waals surface area contributed by atoms with E-state index in [2.05, 4.69) is 29.2 Å². The van der Waals surface area contributed by atoms with Crippen molar-refractivity contribution in [3.05, 3.63) is 65.2 Å². The molecule has 0 saturated heterocycles. The van der Waals surface area contributed by atoms with Crippen molar-refractivity contribution in [3.8, 4) is 0 Å². The number of rotatable bonds is 3. The van der Waals surface area contributed by atoms with Crippen LogP contribution in [0.15, 0.2) is 48.5 Å². The molecule has 0 fully saturated rings. The number of benzene rings is 2. The summed E-state index contributed by atoms with van der Waals surface area (Å²) < 4.78 is 0. The molecule has 2 N–H and O–H groups in total. The summed E-state index contributed by atoms with van der Waals surface area (Å²) in [6, 6.07) is 15.6. The minimum absolute atomic E-state index is 0.157. The maximum absolute atomic E-state index is 12.3. The van der Waals surface area contributed by atoms with Crippen molar-refractivity contribution < 1.29 is 4.79 Å². The van der Waals surface area contributed by atoms with Crippen LogP contribution in [-0.4, -0.2) is 23.8 Å². The Labute approximate surface area is 119 Å². The van der Waals surface area contributed by atoms with Gasteiger partial charge < -0.3 is 5.73 Å². The van der Waals surface area contributed by atoms with Crippen LogP contribution in [-0.2, 0) is 13.0 Å². The van der Waals surface area contributed by atoms with Crippen LogP contribution in [0.5, 0.6) is 0 Å². The summed E-state index contributed by atoms with van der Waals surface area (Å²) in [6.07, 6.45) is 1.02. The molecule has 20 heavy (non-hydrogen) atoms. The average Bonchev–Trinajstić information content (AvgIpc) is 2.48. The molecule has 0 spiro atoms.